The molecule has 0 unspecified atom stereocenters. The maximum atomic E-state index is 6.04. The summed E-state index contributed by atoms with van der Waals surface area (Å²) in [5, 5.41) is 2.27. The SMILES string of the molecule is CCCCCCCCCCC=c1ccc(=Cc2[nH]c(-c3ccc[nH]3)cc2OC(C)C)[nH]1. The minimum absolute atomic E-state index is 0.124. The molecule has 0 saturated carbocycles. The van der Waals surface area contributed by atoms with Gasteiger partial charge in [0.05, 0.1) is 23.2 Å². The van der Waals surface area contributed by atoms with Crippen LogP contribution in [0.4, 0.5) is 0 Å². The van der Waals surface area contributed by atoms with E-state index in [1.165, 1.54) is 56.7 Å². The van der Waals surface area contributed by atoms with Crippen LogP contribution in [0, 0.1) is 0 Å². The molecular formula is C27H39N3O. The summed E-state index contributed by atoms with van der Waals surface area (Å²) in [7, 11) is 0. The Morgan fingerprint density at radius 3 is 2.32 bits per heavy atom. The van der Waals surface area contributed by atoms with Crippen molar-refractivity contribution in [3.05, 3.63) is 52.9 Å². The number of H-pyrrole nitrogens is 3. The number of aromatic amines is 3. The number of rotatable bonds is 13. The Morgan fingerprint density at radius 1 is 0.871 bits per heavy atom. The van der Waals surface area contributed by atoms with Gasteiger partial charge in [0.15, 0.2) is 0 Å². The van der Waals surface area contributed by atoms with Gasteiger partial charge in [0.1, 0.15) is 5.75 Å². The van der Waals surface area contributed by atoms with Gasteiger partial charge in [-0.3, -0.25) is 0 Å². The fraction of sp³-hybridized carbons (Fsp3) is 0.481. The molecule has 3 N–H and O–H groups in total. The smallest absolute Gasteiger partial charge is 0.145 e. The minimum atomic E-state index is 0.124. The van der Waals surface area contributed by atoms with Gasteiger partial charge in [-0.1, -0.05) is 57.9 Å². The average Bonchev–Trinajstić information content (AvgIpc) is 3.49. The lowest BCUT2D eigenvalue weighted by atomic mass is 10.1. The second kappa shape index (κ2) is 12.3. The zero-order chi connectivity index (χ0) is 21.9. The molecule has 3 aromatic rings. The van der Waals surface area contributed by atoms with Gasteiger partial charge in [-0.2, -0.15) is 0 Å². The highest BCUT2D eigenvalue weighted by Crippen LogP contribution is 2.27. The summed E-state index contributed by atoms with van der Waals surface area (Å²) < 4.78 is 6.04. The highest BCUT2D eigenvalue weighted by Gasteiger charge is 2.11. The summed E-state index contributed by atoms with van der Waals surface area (Å²) >= 11 is 0. The van der Waals surface area contributed by atoms with Crippen LogP contribution in [-0.4, -0.2) is 21.1 Å². The van der Waals surface area contributed by atoms with Crippen LogP contribution in [0.2, 0.25) is 0 Å². The second-order valence-corrected chi connectivity index (χ2v) is 8.69. The second-order valence-electron chi connectivity index (χ2n) is 8.69. The zero-order valence-electron chi connectivity index (χ0n) is 19.5. The number of hydrogen-bond donors (Lipinski definition) is 3. The van der Waals surface area contributed by atoms with Gasteiger partial charge in [-0.15, -0.1) is 0 Å². The largest absolute Gasteiger partial charge is 0.489 e. The number of aromatic nitrogens is 3. The predicted molar refractivity (Wildman–Crippen MR) is 132 cm³/mol. The highest BCUT2D eigenvalue weighted by molar-refractivity contribution is 5.65. The molecule has 0 spiro atoms. The summed E-state index contributed by atoms with van der Waals surface area (Å²) in [6, 6.07) is 10.4. The third kappa shape index (κ3) is 7.54. The first-order valence-corrected chi connectivity index (χ1v) is 12.1. The highest BCUT2D eigenvalue weighted by atomic mass is 16.5. The molecule has 0 saturated heterocycles. The molecule has 0 aliphatic heterocycles. The first-order chi connectivity index (χ1) is 15.2. The summed E-state index contributed by atoms with van der Waals surface area (Å²) in [5.41, 5.74) is 3.06. The van der Waals surface area contributed by atoms with Crippen LogP contribution >= 0.6 is 0 Å². The third-order valence-corrected chi connectivity index (χ3v) is 5.51. The van der Waals surface area contributed by atoms with E-state index in [0.717, 1.165) is 34.6 Å². The molecule has 0 aliphatic rings. The van der Waals surface area contributed by atoms with Crippen LogP contribution in [0.3, 0.4) is 0 Å². The molecule has 0 radical (unpaired) electrons. The van der Waals surface area contributed by atoms with Crippen LogP contribution in [0.5, 0.6) is 5.75 Å². The van der Waals surface area contributed by atoms with E-state index in [-0.39, 0.29) is 6.10 Å². The van der Waals surface area contributed by atoms with Crippen LogP contribution in [0.15, 0.2) is 36.5 Å². The van der Waals surface area contributed by atoms with E-state index in [2.05, 4.69) is 72.1 Å². The monoisotopic (exact) mass is 421 g/mol. The Morgan fingerprint density at radius 2 is 1.61 bits per heavy atom. The lowest BCUT2D eigenvalue weighted by molar-refractivity contribution is 0.242. The maximum absolute atomic E-state index is 6.04. The van der Waals surface area contributed by atoms with E-state index >= 15 is 0 Å². The number of hydrogen-bond acceptors (Lipinski definition) is 1. The van der Waals surface area contributed by atoms with E-state index in [9.17, 15) is 0 Å². The molecule has 0 aliphatic carbocycles. The van der Waals surface area contributed by atoms with Gasteiger partial charge in [-0.25, -0.2) is 0 Å². The molecule has 3 rings (SSSR count). The molecular weight excluding hydrogens is 382 g/mol. The molecule has 0 fully saturated rings. The van der Waals surface area contributed by atoms with Crippen molar-refractivity contribution in [2.45, 2.75) is 84.7 Å². The average molecular weight is 422 g/mol. The predicted octanol–water partition coefficient (Wildman–Crippen LogP) is 6.27. The number of unbranched alkanes of at least 4 members (excludes halogenated alkanes) is 8. The Hall–Kier alpha value is -2.62. The summed E-state index contributed by atoms with van der Waals surface area (Å²) in [6.45, 7) is 6.38. The third-order valence-electron chi connectivity index (χ3n) is 5.51. The van der Waals surface area contributed by atoms with Crippen molar-refractivity contribution in [2.24, 2.45) is 0 Å². The molecule has 0 aromatic carbocycles. The van der Waals surface area contributed by atoms with Crippen molar-refractivity contribution >= 4 is 12.2 Å². The van der Waals surface area contributed by atoms with Crippen LogP contribution in [-0.2, 0) is 0 Å². The van der Waals surface area contributed by atoms with Gasteiger partial charge in [-0.05, 0) is 57.0 Å². The minimum Gasteiger partial charge on any atom is -0.489 e. The van der Waals surface area contributed by atoms with Gasteiger partial charge in [0.25, 0.3) is 0 Å². The zero-order valence-corrected chi connectivity index (χ0v) is 19.5. The van der Waals surface area contributed by atoms with Crippen molar-refractivity contribution in [1.29, 1.82) is 0 Å². The quantitative estimate of drug-likeness (QED) is 0.280. The Kier molecular flexibility index (Phi) is 9.14. The van der Waals surface area contributed by atoms with E-state index in [1.54, 1.807) is 0 Å². The van der Waals surface area contributed by atoms with Crippen molar-refractivity contribution in [1.82, 2.24) is 15.0 Å². The molecule has 31 heavy (non-hydrogen) atoms. The number of nitrogens with one attached hydrogen (secondary N) is 3. The topological polar surface area (TPSA) is 56.6 Å². The van der Waals surface area contributed by atoms with Crippen molar-refractivity contribution < 1.29 is 4.74 Å². The first kappa shape index (κ1) is 23.1. The van der Waals surface area contributed by atoms with Gasteiger partial charge >= 0.3 is 0 Å². The van der Waals surface area contributed by atoms with Crippen LogP contribution in [0.1, 0.15) is 84.3 Å². The normalized spacial score (nSPS) is 12.9. The fourth-order valence-electron chi connectivity index (χ4n) is 3.88. The Balaban J connectivity index is 1.60. The lowest BCUT2D eigenvalue weighted by Crippen LogP contribution is -2.10. The molecule has 3 heterocycles. The molecule has 4 heteroatoms. The summed E-state index contributed by atoms with van der Waals surface area (Å²) in [6.07, 6.45) is 18.5. The van der Waals surface area contributed by atoms with Crippen LogP contribution in [0.25, 0.3) is 23.5 Å². The van der Waals surface area contributed by atoms with Gasteiger partial charge in [0, 0.05) is 23.0 Å². The molecule has 3 aromatic heterocycles. The van der Waals surface area contributed by atoms with Crippen molar-refractivity contribution in [3.8, 4) is 17.1 Å². The van der Waals surface area contributed by atoms with Crippen molar-refractivity contribution in [3.63, 3.8) is 0 Å². The lowest BCUT2D eigenvalue weighted by Gasteiger charge is -2.08. The summed E-state index contributed by atoms with van der Waals surface area (Å²) in [4.78, 5) is 10.3. The van der Waals surface area contributed by atoms with Crippen LogP contribution < -0.4 is 15.4 Å². The van der Waals surface area contributed by atoms with E-state index < -0.39 is 0 Å². The standard InChI is InChI=1S/C27H39N3O/c1-4-5-6-7-8-9-10-11-12-14-22-16-17-23(29-22)19-26-27(31-21(2)3)20-25(30-26)24-15-13-18-28-24/h13-21,28-30H,4-12H2,1-3H3. The van der Waals surface area contributed by atoms with Gasteiger partial charge in [0.2, 0.25) is 0 Å². The van der Waals surface area contributed by atoms with E-state index in [4.69, 9.17) is 4.74 Å². The molecule has 0 atom stereocenters. The Labute approximate surface area is 186 Å². The van der Waals surface area contributed by atoms with E-state index in [0.29, 0.717) is 0 Å². The van der Waals surface area contributed by atoms with Crippen molar-refractivity contribution in [2.75, 3.05) is 0 Å². The molecule has 4 nitrogen and oxygen atoms in total. The first-order valence-electron chi connectivity index (χ1n) is 12.1. The molecule has 0 amide bonds. The maximum Gasteiger partial charge on any atom is 0.145 e. The summed E-state index contributed by atoms with van der Waals surface area (Å²) in [5.74, 6) is 0.874. The Bertz CT molecular complexity index is 992. The van der Waals surface area contributed by atoms with Gasteiger partial charge < -0.3 is 19.7 Å². The van der Waals surface area contributed by atoms with E-state index in [1.807, 2.05) is 12.3 Å². The molecule has 0 bridgehead atoms. The number of ether oxygens (including phenoxy) is 1. The molecule has 168 valence electrons. The fourth-order valence-corrected chi connectivity index (χ4v) is 3.88.